The second kappa shape index (κ2) is 9.47. The molecule has 0 radical (unpaired) electrons. The first-order valence-electron chi connectivity index (χ1n) is 11.0. The van der Waals surface area contributed by atoms with Crippen LogP contribution in [0, 0.1) is 5.82 Å². The number of aliphatic imine (C=N–C) groups is 1. The average Bonchev–Trinajstić information content (AvgIpc) is 3.54. The van der Waals surface area contributed by atoms with Crippen LogP contribution >= 0.6 is 0 Å². The maximum absolute atomic E-state index is 13.6. The van der Waals surface area contributed by atoms with E-state index in [9.17, 15) is 12.8 Å². The van der Waals surface area contributed by atoms with Crippen LogP contribution in [0.25, 0.3) is 0 Å². The van der Waals surface area contributed by atoms with E-state index in [1.807, 2.05) is 29.3 Å². The van der Waals surface area contributed by atoms with E-state index in [-0.39, 0.29) is 23.4 Å². The van der Waals surface area contributed by atoms with Gasteiger partial charge in [0.25, 0.3) is 0 Å². The van der Waals surface area contributed by atoms with Gasteiger partial charge in [-0.3, -0.25) is 5.01 Å². The van der Waals surface area contributed by atoms with E-state index in [0.717, 1.165) is 16.8 Å². The number of halogens is 1. The van der Waals surface area contributed by atoms with Crippen LogP contribution in [0.15, 0.2) is 87.8 Å². The van der Waals surface area contributed by atoms with Crippen molar-refractivity contribution >= 4 is 27.3 Å². The van der Waals surface area contributed by atoms with E-state index in [0.29, 0.717) is 36.9 Å². The molecule has 0 aromatic heterocycles. The molecule has 2 aliphatic heterocycles. The van der Waals surface area contributed by atoms with Gasteiger partial charge in [-0.1, -0.05) is 12.1 Å². The Morgan fingerprint density at radius 2 is 1.74 bits per heavy atom. The standard InChI is InChI=1S/C25H23FN4O4S/c26-19-5-1-18(2-6-19)24-15-23(29-30(24)20-7-11-22(12-8-20)35(27,31)32)17-3-9-21(10-4-17)34-16-25-28-13-14-33-25/h1-12,24H,13-16H2,(H2,27,31,32). The molecule has 0 saturated carbocycles. The van der Waals surface area contributed by atoms with Crippen LogP contribution in [-0.2, 0) is 14.8 Å². The number of nitrogens with zero attached hydrogens (tertiary/aromatic N) is 3. The largest absolute Gasteiger partial charge is 0.484 e. The molecule has 8 nitrogen and oxygen atoms in total. The minimum Gasteiger partial charge on any atom is -0.484 e. The van der Waals surface area contributed by atoms with E-state index in [4.69, 9.17) is 19.7 Å². The van der Waals surface area contributed by atoms with Gasteiger partial charge < -0.3 is 9.47 Å². The summed E-state index contributed by atoms with van der Waals surface area (Å²) in [4.78, 5) is 4.23. The number of anilines is 1. The van der Waals surface area contributed by atoms with Crippen molar-refractivity contribution in [3.63, 3.8) is 0 Å². The SMILES string of the molecule is NS(=O)(=O)c1ccc(N2N=C(c3ccc(OCC4=NCCO4)cc3)CC2c2ccc(F)cc2)cc1. The summed E-state index contributed by atoms with van der Waals surface area (Å²) in [7, 11) is -3.80. The Hall–Kier alpha value is -3.76. The Morgan fingerprint density at radius 3 is 2.37 bits per heavy atom. The Labute approximate surface area is 202 Å². The zero-order chi connectivity index (χ0) is 24.4. The van der Waals surface area contributed by atoms with Crippen LogP contribution < -0.4 is 14.9 Å². The molecule has 0 saturated heterocycles. The summed E-state index contributed by atoms with van der Waals surface area (Å²) in [5, 5.41) is 11.9. The lowest BCUT2D eigenvalue weighted by atomic mass is 9.98. The molecule has 0 amide bonds. The van der Waals surface area contributed by atoms with E-state index in [2.05, 4.69) is 4.99 Å². The first-order valence-corrected chi connectivity index (χ1v) is 12.6. The van der Waals surface area contributed by atoms with Gasteiger partial charge in [-0.25, -0.2) is 22.9 Å². The van der Waals surface area contributed by atoms with Crippen molar-refractivity contribution in [2.75, 3.05) is 24.8 Å². The molecule has 1 unspecified atom stereocenters. The van der Waals surface area contributed by atoms with E-state index in [1.165, 1.54) is 24.3 Å². The van der Waals surface area contributed by atoms with Gasteiger partial charge in [0, 0.05) is 6.42 Å². The lowest BCUT2D eigenvalue weighted by Crippen LogP contribution is -2.19. The number of ether oxygens (including phenoxy) is 2. The lowest BCUT2D eigenvalue weighted by Gasteiger charge is -2.24. The third-order valence-electron chi connectivity index (χ3n) is 5.79. The summed E-state index contributed by atoms with van der Waals surface area (Å²) in [5.41, 5.74) is 3.34. The zero-order valence-electron chi connectivity index (χ0n) is 18.7. The molecule has 0 fully saturated rings. The monoisotopic (exact) mass is 494 g/mol. The molecule has 35 heavy (non-hydrogen) atoms. The number of nitrogens with two attached hydrogens (primary N) is 1. The van der Waals surface area contributed by atoms with Gasteiger partial charge in [0.1, 0.15) is 18.2 Å². The molecule has 180 valence electrons. The van der Waals surface area contributed by atoms with E-state index < -0.39 is 10.0 Å². The number of benzene rings is 3. The highest BCUT2D eigenvalue weighted by molar-refractivity contribution is 7.89. The fraction of sp³-hybridized carbons (Fsp3) is 0.200. The van der Waals surface area contributed by atoms with Gasteiger partial charge >= 0.3 is 0 Å². The average molecular weight is 495 g/mol. The smallest absolute Gasteiger partial charge is 0.238 e. The molecule has 2 N–H and O–H groups in total. The molecule has 2 aliphatic rings. The highest BCUT2D eigenvalue weighted by atomic mass is 32.2. The highest BCUT2D eigenvalue weighted by Crippen LogP contribution is 2.37. The normalized spacial score (nSPS) is 17.7. The molecule has 0 aliphatic carbocycles. The van der Waals surface area contributed by atoms with Crippen molar-refractivity contribution in [2.45, 2.75) is 17.4 Å². The van der Waals surface area contributed by atoms with Crippen LogP contribution in [0.3, 0.4) is 0 Å². The molecule has 2 heterocycles. The maximum Gasteiger partial charge on any atom is 0.238 e. The fourth-order valence-corrected chi connectivity index (χ4v) is 4.53. The molecular formula is C25H23FN4O4S. The fourth-order valence-electron chi connectivity index (χ4n) is 4.01. The Kier molecular flexibility index (Phi) is 6.23. The first kappa shape index (κ1) is 23.0. The van der Waals surface area contributed by atoms with Gasteiger partial charge in [0.15, 0.2) is 6.61 Å². The summed E-state index contributed by atoms with van der Waals surface area (Å²) in [6.45, 7) is 1.54. The number of hydrogen-bond acceptors (Lipinski definition) is 7. The Bertz CT molecular complexity index is 1370. The second-order valence-electron chi connectivity index (χ2n) is 8.14. The molecule has 1 atom stereocenters. The van der Waals surface area contributed by atoms with Crippen LogP contribution in [0.4, 0.5) is 10.1 Å². The van der Waals surface area contributed by atoms with Crippen molar-refractivity contribution in [2.24, 2.45) is 15.2 Å². The number of hydrogen-bond donors (Lipinski definition) is 1. The Morgan fingerprint density at radius 1 is 1.03 bits per heavy atom. The predicted octanol–water partition coefficient (Wildman–Crippen LogP) is 3.64. The minimum absolute atomic E-state index is 0.0209. The van der Waals surface area contributed by atoms with Crippen molar-refractivity contribution in [1.82, 2.24) is 0 Å². The van der Waals surface area contributed by atoms with Crippen molar-refractivity contribution in [3.05, 3.63) is 89.7 Å². The number of rotatable bonds is 7. The topological polar surface area (TPSA) is 107 Å². The van der Waals surface area contributed by atoms with Crippen LogP contribution in [0.2, 0.25) is 0 Å². The summed E-state index contributed by atoms with van der Waals surface area (Å²) in [6, 6.07) is 19.9. The lowest BCUT2D eigenvalue weighted by molar-refractivity contribution is 0.293. The molecule has 5 rings (SSSR count). The number of hydrazone groups is 1. The van der Waals surface area contributed by atoms with Crippen LogP contribution in [0.5, 0.6) is 5.75 Å². The van der Waals surface area contributed by atoms with Crippen LogP contribution in [-0.4, -0.2) is 39.8 Å². The summed E-state index contributed by atoms with van der Waals surface area (Å²) >= 11 is 0. The maximum atomic E-state index is 13.6. The molecule has 10 heteroatoms. The van der Waals surface area contributed by atoms with Crippen molar-refractivity contribution < 1.29 is 22.3 Å². The number of sulfonamides is 1. The number of primary sulfonamides is 1. The molecule has 3 aromatic rings. The van der Waals surface area contributed by atoms with E-state index >= 15 is 0 Å². The summed E-state index contributed by atoms with van der Waals surface area (Å²) in [6.07, 6.45) is 0.577. The third-order valence-corrected chi connectivity index (χ3v) is 6.72. The molecule has 3 aromatic carbocycles. The predicted molar refractivity (Wildman–Crippen MR) is 131 cm³/mol. The van der Waals surface area contributed by atoms with Crippen LogP contribution in [0.1, 0.15) is 23.6 Å². The summed E-state index contributed by atoms with van der Waals surface area (Å²) in [5.74, 6) is 0.970. The molecular weight excluding hydrogens is 471 g/mol. The van der Waals surface area contributed by atoms with Gasteiger partial charge in [-0.05, 0) is 71.8 Å². The highest BCUT2D eigenvalue weighted by Gasteiger charge is 2.30. The molecule has 0 bridgehead atoms. The Balaban J connectivity index is 1.41. The van der Waals surface area contributed by atoms with Gasteiger partial charge in [0.05, 0.1) is 28.9 Å². The second-order valence-corrected chi connectivity index (χ2v) is 9.70. The van der Waals surface area contributed by atoms with Gasteiger partial charge in [0.2, 0.25) is 15.9 Å². The first-order chi connectivity index (χ1) is 16.9. The zero-order valence-corrected chi connectivity index (χ0v) is 19.5. The van der Waals surface area contributed by atoms with Gasteiger partial charge in [-0.2, -0.15) is 5.10 Å². The van der Waals surface area contributed by atoms with Crippen molar-refractivity contribution in [1.29, 1.82) is 0 Å². The van der Waals surface area contributed by atoms with E-state index in [1.54, 1.807) is 24.3 Å². The quantitative estimate of drug-likeness (QED) is 0.540. The third kappa shape index (κ3) is 5.18. The minimum atomic E-state index is -3.80. The van der Waals surface area contributed by atoms with Gasteiger partial charge in [-0.15, -0.1) is 0 Å². The summed E-state index contributed by atoms with van der Waals surface area (Å²) < 4.78 is 47.9. The molecule has 0 spiro atoms. The van der Waals surface area contributed by atoms with Crippen molar-refractivity contribution in [3.8, 4) is 5.75 Å².